The third-order valence-electron chi connectivity index (χ3n) is 7.34. The van der Waals surface area contributed by atoms with Crippen LogP contribution in [-0.4, -0.2) is 47.8 Å². The molecule has 1 fully saturated rings. The van der Waals surface area contributed by atoms with Crippen molar-refractivity contribution in [1.29, 1.82) is 0 Å². The molecular formula is C28H21ClN2O6. The van der Waals surface area contributed by atoms with Gasteiger partial charge in [0.2, 0.25) is 0 Å². The van der Waals surface area contributed by atoms with Gasteiger partial charge in [0.25, 0.3) is 11.8 Å². The van der Waals surface area contributed by atoms with E-state index < -0.39 is 24.4 Å². The van der Waals surface area contributed by atoms with Gasteiger partial charge >= 0.3 is 5.97 Å². The van der Waals surface area contributed by atoms with Gasteiger partial charge in [-0.05, 0) is 39.9 Å². The number of hydrogen-bond donors (Lipinski definition) is 1. The fourth-order valence-corrected chi connectivity index (χ4v) is 6.26. The van der Waals surface area contributed by atoms with Crippen molar-refractivity contribution in [1.82, 2.24) is 5.01 Å². The van der Waals surface area contributed by atoms with Crippen LogP contribution in [0.1, 0.15) is 39.7 Å². The number of methoxy groups -OCH3 is 1. The summed E-state index contributed by atoms with van der Waals surface area (Å²) in [6.45, 7) is -0.587. The first-order valence-electron chi connectivity index (χ1n) is 11.7. The van der Waals surface area contributed by atoms with Crippen molar-refractivity contribution in [3.8, 4) is 11.5 Å². The molecule has 0 spiro atoms. The van der Waals surface area contributed by atoms with Gasteiger partial charge in [0.1, 0.15) is 0 Å². The number of carbonyl (C=O) groups excluding carboxylic acids is 2. The topological polar surface area (TPSA) is 106 Å². The second-order valence-corrected chi connectivity index (χ2v) is 9.62. The Hall–Kier alpha value is -4.17. The first-order chi connectivity index (χ1) is 17.9. The summed E-state index contributed by atoms with van der Waals surface area (Å²) in [5.74, 6) is -3.00. The molecule has 1 saturated heterocycles. The Morgan fingerprint density at radius 3 is 1.95 bits per heavy atom. The Morgan fingerprint density at radius 2 is 1.49 bits per heavy atom. The average molecular weight is 517 g/mol. The number of rotatable bonds is 6. The van der Waals surface area contributed by atoms with Gasteiger partial charge < -0.3 is 14.6 Å². The number of carbonyl (C=O) groups is 3. The minimum atomic E-state index is -1.16. The first kappa shape index (κ1) is 23.2. The summed E-state index contributed by atoms with van der Waals surface area (Å²) in [5.41, 5.74) is 4.82. The molecule has 0 aromatic heterocycles. The number of ether oxygens (including phenoxy) is 2. The van der Waals surface area contributed by atoms with Crippen LogP contribution in [0.4, 0.5) is 0 Å². The number of hydrogen-bond acceptors (Lipinski definition) is 6. The number of halogens is 1. The quantitative estimate of drug-likeness (QED) is 0.391. The van der Waals surface area contributed by atoms with Crippen LogP contribution in [0.15, 0.2) is 65.8 Å². The first-order valence-corrected chi connectivity index (χ1v) is 12.1. The van der Waals surface area contributed by atoms with E-state index in [1.807, 2.05) is 48.5 Å². The van der Waals surface area contributed by atoms with Gasteiger partial charge in [-0.3, -0.25) is 9.59 Å². The van der Waals surface area contributed by atoms with Crippen LogP contribution >= 0.6 is 11.6 Å². The van der Waals surface area contributed by atoms with Crippen molar-refractivity contribution < 1.29 is 29.0 Å². The molecule has 3 aliphatic carbocycles. The van der Waals surface area contributed by atoms with E-state index in [4.69, 9.17) is 26.2 Å². The average Bonchev–Trinajstić information content (AvgIpc) is 3.16. The molecule has 3 aromatic carbocycles. The molecule has 2 amide bonds. The molecule has 37 heavy (non-hydrogen) atoms. The second-order valence-electron chi connectivity index (χ2n) is 9.21. The summed E-state index contributed by atoms with van der Waals surface area (Å²) in [6.07, 6.45) is 1.37. The standard InChI is InChI=1S/C28H21ClN2O6/c1-36-20-11-14(10-19(29)26(20)37-13-21(32)33)12-30-31-27(34)24-22-15-6-2-3-7-16(15)23(25(24)28(31)35)18-9-5-4-8-17(18)22/h2-12,22-25H,13H2,1H3,(H,32,33)/b30-12-/t22?,23?,24-,25+. The Labute approximate surface area is 217 Å². The maximum absolute atomic E-state index is 13.6. The van der Waals surface area contributed by atoms with Crippen molar-refractivity contribution in [2.24, 2.45) is 16.9 Å². The van der Waals surface area contributed by atoms with Crippen molar-refractivity contribution in [2.45, 2.75) is 11.8 Å². The summed E-state index contributed by atoms with van der Waals surface area (Å²) in [7, 11) is 1.39. The number of nitrogens with zero attached hydrogens (tertiary/aromatic N) is 2. The summed E-state index contributed by atoms with van der Waals surface area (Å²) in [6, 6.07) is 19.1. The van der Waals surface area contributed by atoms with Gasteiger partial charge in [0, 0.05) is 11.8 Å². The van der Waals surface area contributed by atoms with Gasteiger partial charge in [0.05, 0.1) is 30.2 Å². The normalized spacial score (nSPS) is 23.1. The third kappa shape index (κ3) is 3.51. The molecule has 1 heterocycles. The Morgan fingerprint density at radius 1 is 0.973 bits per heavy atom. The molecule has 2 atom stereocenters. The lowest BCUT2D eigenvalue weighted by Crippen LogP contribution is -2.41. The zero-order valence-electron chi connectivity index (χ0n) is 19.6. The molecule has 3 aromatic rings. The van der Waals surface area contributed by atoms with Gasteiger partial charge in [0.15, 0.2) is 18.1 Å². The summed E-state index contributed by atoms with van der Waals surface area (Å²) >= 11 is 6.29. The largest absolute Gasteiger partial charge is 0.493 e. The summed E-state index contributed by atoms with van der Waals surface area (Å²) in [4.78, 5) is 38.1. The monoisotopic (exact) mass is 516 g/mol. The lowest BCUT2D eigenvalue weighted by Gasteiger charge is -2.45. The van der Waals surface area contributed by atoms with E-state index in [9.17, 15) is 14.4 Å². The predicted molar refractivity (Wildman–Crippen MR) is 134 cm³/mol. The highest BCUT2D eigenvalue weighted by molar-refractivity contribution is 6.32. The van der Waals surface area contributed by atoms with E-state index in [1.165, 1.54) is 19.4 Å². The number of hydrazone groups is 1. The number of amides is 2. The second kappa shape index (κ2) is 8.74. The lowest BCUT2D eigenvalue weighted by atomic mass is 9.55. The van der Waals surface area contributed by atoms with Crippen molar-refractivity contribution >= 4 is 35.6 Å². The van der Waals surface area contributed by atoms with Gasteiger partial charge in [-0.15, -0.1) is 0 Å². The van der Waals surface area contributed by atoms with E-state index in [2.05, 4.69) is 5.10 Å². The minimum absolute atomic E-state index is 0.0789. The smallest absolute Gasteiger partial charge is 0.341 e. The van der Waals surface area contributed by atoms with Gasteiger partial charge in [-0.2, -0.15) is 10.1 Å². The van der Waals surface area contributed by atoms with Crippen LogP contribution in [0.25, 0.3) is 0 Å². The molecule has 1 N–H and O–H groups in total. The molecule has 1 aliphatic heterocycles. The molecule has 0 unspecified atom stereocenters. The number of carboxylic acids is 1. The zero-order valence-corrected chi connectivity index (χ0v) is 20.4. The van der Waals surface area contributed by atoms with E-state index >= 15 is 0 Å². The van der Waals surface area contributed by atoms with Crippen molar-refractivity contribution in [3.63, 3.8) is 0 Å². The number of benzene rings is 3. The molecule has 4 aliphatic rings. The van der Waals surface area contributed by atoms with Crippen LogP contribution in [0.3, 0.4) is 0 Å². The van der Waals surface area contributed by atoms with Gasteiger partial charge in [-0.25, -0.2) is 4.79 Å². The Balaban J connectivity index is 1.35. The maximum atomic E-state index is 13.6. The molecule has 8 nitrogen and oxygen atoms in total. The summed E-state index contributed by atoms with van der Waals surface area (Å²) in [5, 5.41) is 14.3. The van der Waals surface area contributed by atoms with E-state index in [0.717, 1.165) is 27.3 Å². The highest BCUT2D eigenvalue weighted by Crippen LogP contribution is 2.60. The van der Waals surface area contributed by atoms with Gasteiger partial charge in [-0.1, -0.05) is 60.1 Å². The Kier molecular flexibility index (Phi) is 5.49. The molecule has 2 bridgehead atoms. The number of aliphatic carboxylic acids is 1. The molecule has 9 heteroatoms. The Bertz CT molecular complexity index is 1390. The lowest BCUT2D eigenvalue weighted by molar-refractivity contribution is -0.140. The fourth-order valence-electron chi connectivity index (χ4n) is 5.99. The number of imide groups is 1. The number of carboxylic acid groups (broad SMARTS) is 1. The molecular weight excluding hydrogens is 496 g/mol. The van der Waals surface area contributed by atoms with E-state index in [0.29, 0.717) is 5.56 Å². The highest BCUT2D eigenvalue weighted by atomic mass is 35.5. The van der Waals surface area contributed by atoms with Crippen LogP contribution in [-0.2, 0) is 14.4 Å². The minimum Gasteiger partial charge on any atom is -0.493 e. The van der Waals surface area contributed by atoms with Crippen LogP contribution < -0.4 is 9.47 Å². The highest BCUT2D eigenvalue weighted by Gasteiger charge is 2.61. The zero-order chi connectivity index (χ0) is 25.8. The van der Waals surface area contributed by atoms with Crippen LogP contribution in [0, 0.1) is 11.8 Å². The third-order valence-corrected chi connectivity index (χ3v) is 7.62. The van der Waals surface area contributed by atoms with E-state index in [-0.39, 0.29) is 40.2 Å². The van der Waals surface area contributed by atoms with Crippen molar-refractivity contribution in [2.75, 3.05) is 13.7 Å². The van der Waals surface area contributed by atoms with Crippen LogP contribution in [0.2, 0.25) is 5.02 Å². The van der Waals surface area contributed by atoms with Crippen molar-refractivity contribution in [3.05, 3.63) is 93.5 Å². The molecule has 186 valence electrons. The van der Waals surface area contributed by atoms with Crippen LogP contribution in [0.5, 0.6) is 11.5 Å². The summed E-state index contributed by atoms with van der Waals surface area (Å²) < 4.78 is 10.5. The van der Waals surface area contributed by atoms with E-state index in [1.54, 1.807) is 6.07 Å². The molecule has 7 rings (SSSR count). The SMILES string of the molecule is COc1cc(/C=N\N2C(=O)[C@@H]3C4c5ccccc5C(c5ccccc54)[C@@H]3C2=O)cc(Cl)c1OCC(=O)O. The predicted octanol–water partition coefficient (Wildman–Crippen LogP) is 4.04. The fraction of sp³-hybridized carbons (Fsp3) is 0.214. The molecule has 0 saturated carbocycles. The maximum Gasteiger partial charge on any atom is 0.341 e. The molecule has 0 radical (unpaired) electrons.